The van der Waals surface area contributed by atoms with Crippen molar-refractivity contribution in [1.29, 1.82) is 0 Å². The Bertz CT molecular complexity index is 1200. The largest absolute Gasteiger partial charge is 0.407 e. The summed E-state index contributed by atoms with van der Waals surface area (Å²) < 4.78 is 11.3. The second-order valence-corrected chi connectivity index (χ2v) is 8.63. The molecule has 3 heterocycles. The second-order valence-electron chi connectivity index (χ2n) is 8.63. The number of benzene rings is 1. The highest BCUT2D eigenvalue weighted by atomic mass is 16.5. The van der Waals surface area contributed by atoms with E-state index in [-0.39, 0.29) is 17.4 Å². The fourth-order valence-corrected chi connectivity index (χ4v) is 4.23. The SMILES string of the molecule is CCc1cc(-n2cc(C)cn2)cc(C)c1-c1c(OC(=O)C(C)C)n2n(c1=O)CCCC2. The molecule has 0 saturated heterocycles. The zero-order chi connectivity index (χ0) is 22.3. The van der Waals surface area contributed by atoms with Crippen LogP contribution in [0.2, 0.25) is 0 Å². The average Bonchev–Trinajstić information content (AvgIpc) is 3.30. The smallest absolute Gasteiger partial charge is 0.315 e. The number of nitrogens with zero attached hydrogens (tertiary/aromatic N) is 4. The van der Waals surface area contributed by atoms with E-state index in [2.05, 4.69) is 18.1 Å². The van der Waals surface area contributed by atoms with Gasteiger partial charge in [0.25, 0.3) is 5.56 Å². The number of fused-ring (bicyclic) bond motifs is 1. The van der Waals surface area contributed by atoms with Gasteiger partial charge in [-0.2, -0.15) is 5.10 Å². The molecule has 1 aliphatic rings. The lowest BCUT2D eigenvalue weighted by Gasteiger charge is -2.19. The first kappa shape index (κ1) is 21.2. The molecule has 0 N–H and O–H groups in total. The van der Waals surface area contributed by atoms with E-state index in [0.29, 0.717) is 24.5 Å². The summed E-state index contributed by atoms with van der Waals surface area (Å²) in [6.45, 7) is 11.0. The summed E-state index contributed by atoms with van der Waals surface area (Å²) in [7, 11) is 0. The molecule has 4 rings (SSSR count). The van der Waals surface area contributed by atoms with Crippen molar-refractivity contribution in [3.8, 4) is 22.7 Å². The van der Waals surface area contributed by atoms with Gasteiger partial charge < -0.3 is 4.74 Å². The Labute approximate surface area is 182 Å². The zero-order valence-corrected chi connectivity index (χ0v) is 18.9. The van der Waals surface area contributed by atoms with Gasteiger partial charge in [0.2, 0.25) is 5.88 Å². The van der Waals surface area contributed by atoms with E-state index in [1.165, 1.54) is 0 Å². The molecule has 31 heavy (non-hydrogen) atoms. The molecule has 0 unspecified atom stereocenters. The Hall–Kier alpha value is -3.09. The second kappa shape index (κ2) is 8.21. The third-order valence-corrected chi connectivity index (χ3v) is 5.86. The standard InChI is InChI=1S/C24H30N4O3/c1-6-18-12-19(26-14-16(4)13-25-26)11-17(5)20(18)21-22(29)27-9-7-8-10-28(27)23(21)31-24(30)15(2)3/h11-15H,6-10H2,1-5H3. The van der Waals surface area contributed by atoms with Gasteiger partial charge >= 0.3 is 5.97 Å². The minimum Gasteiger partial charge on any atom is -0.407 e. The molecule has 0 fully saturated rings. The van der Waals surface area contributed by atoms with Gasteiger partial charge in [0.1, 0.15) is 5.56 Å². The van der Waals surface area contributed by atoms with Crippen molar-refractivity contribution in [3.05, 3.63) is 51.6 Å². The number of aryl methyl sites for hydroxylation is 3. The summed E-state index contributed by atoms with van der Waals surface area (Å²) in [4.78, 5) is 26.0. The van der Waals surface area contributed by atoms with Crippen molar-refractivity contribution >= 4 is 5.97 Å². The normalized spacial score (nSPS) is 13.5. The fourth-order valence-electron chi connectivity index (χ4n) is 4.23. The van der Waals surface area contributed by atoms with Gasteiger partial charge in [-0.3, -0.25) is 14.3 Å². The van der Waals surface area contributed by atoms with Gasteiger partial charge in [-0.1, -0.05) is 20.8 Å². The Morgan fingerprint density at radius 3 is 2.45 bits per heavy atom. The van der Waals surface area contributed by atoms with Crippen LogP contribution in [0.25, 0.3) is 16.8 Å². The van der Waals surface area contributed by atoms with E-state index in [0.717, 1.165) is 47.2 Å². The third kappa shape index (κ3) is 3.73. The summed E-state index contributed by atoms with van der Waals surface area (Å²) in [6, 6.07) is 4.11. The highest BCUT2D eigenvalue weighted by Gasteiger charge is 2.29. The van der Waals surface area contributed by atoms with Crippen LogP contribution in [-0.4, -0.2) is 25.1 Å². The van der Waals surface area contributed by atoms with E-state index in [4.69, 9.17) is 4.74 Å². The molecule has 0 atom stereocenters. The average molecular weight is 423 g/mol. The third-order valence-electron chi connectivity index (χ3n) is 5.86. The Kier molecular flexibility index (Phi) is 5.60. The van der Waals surface area contributed by atoms with Gasteiger partial charge in [-0.05, 0) is 67.5 Å². The Morgan fingerprint density at radius 1 is 1.13 bits per heavy atom. The van der Waals surface area contributed by atoms with Gasteiger partial charge in [-0.15, -0.1) is 0 Å². The highest BCUT2D eigenvalue weighted by molar-refractivity contribution is 5.81. The summed E-state index contributed by atoms with van der Waals surface area (Å²) in [5, 5.41) is 4.43. The predicted molar refractivity (Wildman–Crippen MR) is 120 cm³/mol. The van der Waals surface area contributed by atoms with Gasteiger partial charge in [0.15, 0.2) is 0 Å². The minimum absolute atomic E-state index is 0.0910. The van der Waals surface area contributed by atoms with Crippen LogP contribution in [0, 0.1) is 19.8 Å². The fraction of sp³-hybridized carbons (Fsp3) is 0.458. The Morgan fingerprint density at radius 2 is 1.84 bits per heavy atom. The monoisotopic (exact) mass is 422 g/mol. The lowest BCUT2D eigenvalue weighted by Crippen LogP contribution is -2.28. The topological polar surface area (TPSA) is 71.1 Å². The van der Waals surface area contributed by atoms with Crippen LogP contribution < -0.4 is 10.3 Å². The van der Waals surface area contributed by atoms with Crippen molar-refractivity contribution in [2.24, 2.45) is 5.92 Å². The maximum Gasteiger partial charge on any atom is 0.315 e. The number of hydrogen-bond acceptors (Lipinski definition) is 4. The van der Waals surface area contributed by atoms with E-state index in [1.54, 1.807) is 18.5 Å². The molecule has 0 amide bonds. The summed E-state index contributed by atoms with van der Waals surface area (Å²) in [5.41, 5.74) is 5.30. The van der Waals surface area contributed by atoms with Crippen LogP contribution in [0.15, 0.2) is 29.3 Å². The quantitative estimate of drug-likeness (QED) is 0.582. The highest BCUT2D eigenvalue weighted by Crippen LogP contribution is 2.36. The maximum absolute atomic E-state index is 13.5. The van der Waals surface area contributed by atoms with Crippen LogP contribution in [0.1, 0.15) is 50.3 Å². The Balaban J connectivity index is 1.94. The van der Waals surface area contributed by atoms with Crippen LogP contribution in [0.4, 0.5) is 0 Å². The van der Waals surface area contributed by atoms with Gasteiger partial charge in [-0.25, -0.2) is 9.36 Å². The maximum atomic E-state index is 13.5. The van der Waals surface area contributed by atoms with E-state index < -0.39 is 0 Å². The van der Waals surface area contributed by atoms with Crippen molar-refractivity contribution in [1.82, 2.24) is 19.1 Å². The molecule has 0 radical (unpaired) electrons. The van der Waals surface area contributed by atoms with E-state index in [1.807, 2.05) is 41.7 Å². The molecule has 0 bridgehead atoms. The minimum atomic E-state index is -0.327. The van der Waals surface area contributed by atoms with Gasteiger partial charge in [0.05, 0.1) is 17.8 Å². The lowest BCUT2D eigenvalue weighted by atomic mass is 9.94. The van der Waals surface area contributed by atoms with Crippen LogP contribution in [0.5, 0.6) is 5.88 Å². The first-order valence-corrected chi connectivity index (χ1v) is 11.0. The van der Waals surface area contributed by atoms with Crippen LogP contribution >= 0.6 is 0 Å². The molecule has 7 heteroatoms. The molecule has 0 aliphatic carbocycles. The molecule has 3 aromatic rings. The molecule has 1 aliphatic heterocycles. The van der Waals surface area contributed by atoms with Crippen LogP contribution in [-0.2, 0) is 24.3 Å². The van der Waals surface area contributed by atoms with Crippen molar-refractivity contribution in [2.75, 3.05) is 0 Å². The predicted octanol–water partition coefficient (Wildman–Crippen LogP) is 4.04. The molecular weight excluding hydrogens is 392 g/mol. The number of hydrogen-bond donors (Lipinski definition) is 0. The number of carbonyl (C=O) groups is 1. The molecule has 2 aromatic heterocycles. The number of aromatic nitrogens is 4. The zero-order valence-electron chi connectivity index (χ0n) is 18.9. The molecule has 164 valence electrons. The molecule has 0 spiro atoms. The number of ether oxygens (including phenoxy) is 1. The first-order chi connectivity index (χ1) is 14.8. The number of rotatable bonds is 5. The number of carbonyl (C=O) groups excluding carboxylic acids is 1. The van der Waals surface area contributed by atoms with Crippen molar-refractivity contribution < 1.29 is 9.53 Å². The summed E-state index contributed by atoms with van der Waals surface area (Å²) in [6.07, 6.45) is 6.45. The molecule has 0 saturated carbocycles. The summed E-state index contributed by atoms with van der Waals surface area (Å²) in [5.74, 6) is -0.226. The summed E-state index contributed by atoms with van der Waals surface area (Å²) >= 11 is 0. The first-order valence-electron chi connectivity index (χ1n) is 11.0. The molecule has 7 nitrogen and oxygen atoms in total. The number of esters is 1. The van der Waals surface area contributed by atoms with Crippen molar-refractivity contribution in [3.63, 3.8) is 0 Å². The van der Waals surface area contributed by atoms with E-state index >= 15 is 0 Å². The van der Waals surface area contributed by atoms with Crippen LogP contribution in [0.3, 0.4) is 0 Å². The van der Waals surface area contributed by atoms with E-state index in [9.17, 15) is 9.59 Å². The molecular formula is C24H30N4O3. The molecule has 1 aromatic carbocycles. The lowest BCUT2D eigenvalue weighted by molar-refractivity contribution is -0.138. The van der Waals surface area contributed by atoms with Gasteiger partial charge in [0, 0.05) is 19.3 Å². The van der Waals surface area contributed by atoms with Crippen molar-refractivity contribution in [2.45, 2.75) is 67.0 Å².